The summed E-state index contributed by atoms with van der Waals surface area (Å²) in [6.07, 6.45) is 2.03. The number of benzene rings is 1. The number of carbonyl (C=O) groups excluding carboxylic acids is 1. The van der Waals surface area contributed by atoms with Crippen LogP contribution in [-0.4, -0.2) is 19.0 Å². The molecule has 1 atom stereocenters. The summed E-state index contributed by atoms with van der Waals surface area (Å²) in [6, 6.07) is 6.70. The fourth-order valence-corrected chi connectivity index (χ4v) is 2.70. The molecule has 2 rings (SSSR count). The van der Waals surface area contributed by atoms with Crippen molar-refractivity contribution in [3.8, 4) is 0 Å². The average Bonchev–Trinajstić information content (AvgIpc) is 2.38. The van der Waals surface area contributed by atoms with Gasteiger partial charge in [-0.25, -0.2) is 0 Å². The van der Waals surface area contributed by atoms with E-state index in [0.29, 0.717) is 12.0 Å². The molecule has 1 aromatic rings. The highest BCUT2D eigenvalue weighted by Gasteiger charge is 2.19. The van der Waals surface area contributed by atoms with Crippen molar-refractivity contribution in [2.75, 3.05) is 13.1 Å². The smallest absolute Gasteiger partial charge is 0.251 e. The number of hydrogen-bond donors (Lipinski definition) is 2. The van der Waals surface area contributed by atoms with Crippen LogP contribution in [0.4, 0.5) is 0 Å². The Labute approximate surface area is 115 Å². The molecule has 1 unspecified atom stereocenters. The van der Waals surface area contributed by atoms with Gasteiger partial charge >= 0.3 is 0 Å². The Morgan fingerprint density at radius 3 is 2.84 bits per heavy atom. The molecule has 0 bridgehead atoms. The molecular formula is C16H24N2O. The van der Waals surface area contributed by atoms with Crippen LogP contribution in [-0.2, 0) is 6.42 Å². The topological polar surface area (TPSA) is 41.1 Å². The van der Waals surface area contributed by atoms with Gasteiger partial charge in [0.2, 0.25) is 0 Å². The molecule has 0 saturated heterocycles. The van der Waals surface area contributed by atoms with E-state index in [1.54, 1.807) is 0 Å². The summed E-state index contributed by atoms with van der Waals surface area (Å²) < 4.78 is 0. The van der Waals surface area contributed by atoms with Gasteiger partial charge < -0.3 is 10.6 Å². The fraction of sp³-hybridized carbons (Fsp3) is 0.562. The number of rotatable bonds is 5. The second-order valence-corrected chi connectivity index (χ2v) is 5.66. The van der Waals surface area contributed by atoms with Gasteiger partial charge in [0.05, 0.1) is 0 Å². The first kappa shape index (κ1) is 14.1. The number of hydrogen-bond acceptors (Lipinski definition) is 2. The monoisotopic (exact) mass is 260 g/mol. The van der Waals surface area contributed by atoms with E-state index in [2.05, 4.69) is 49.6 Å². The highest BCUT2D eigenvalue weighted by Crippen LogP contribution is 2.25. The maximum absolute atomic E-state index is 11.9. The van der Waals surface area contributed by atoms with Crippen molar-refractivity contribution in [1.29, 1.82) is 0 Å². The van der Waals surface area contributed by atoms with Crippen molar-refractivity contribution in [2.24, 2.45) is 5.92 Å². The molecule has 0 saturated carbocycles. The van der Waals surface area contributed by atoms with Crippen LogP contribution in [0.1, 0.15) is 54.7 Å². The lowest BCUT2D eigenvalue weighted by atomic mass is 9.92. The molecule has 3 heteroatoms. The molecule has 1 amide bonds. The summed E-state index contributed by atoms with van der Waals surface area (Å²) in [5.74, 6) is 0.705. The van der Waals surface area contributed by atoms with Crippen molar-refractivity contribution in [3.63, 3.8) is 0 Å². The minimum Gasteiger partial charge on any atom is -0.352 e. The van der Waals surface area contributed by atoms with E-state index in [4.69, 9.17) is 0 Å². The zero-order valence-electron chi connectivity index (χ0n) is 12.1. The minimum absolute atomic E-state index is 0.0721. The first-order valence-corrected chi connectivity index (χ1v) is 7.26. The van der Waals surface area contributed by atoms with Gasteiger partial charge in [-0.3, -0.25) is 4.79 Å². The third kappa shape index (κ3) is 3.35. The number of nitrogens with one attached hydrogen (secondary N) is 2. The van der Waals surface area contributed by atoms with Gasteiger partial charge in [-0.15, -0.1) is 0 Å². The van der Waals surface area contributed by atoms with E-state index in [0.717, 1.165) is 31.5 Å². The number of carbonyl (C=O) groups is 1. The van der Waals surface area contributed by atoms with Crippen LogP contribution in [0, 0.1) is 5.92 Å². The molecule has 104 valence electrons. The van der Waals surface area contributed by atoms with Crippen LogP contribution < -0.4 is 10.6 Å². The molecule has 1 aliphatic heterocycles. The van der Waals surface area contributed by atoms with Gasteiger partial charge in [-0.1, -0.05) is 32.9 Å². The second kappa shape index (κ2) is 6.20. The molecule has 0 radical (unpaired) electrons. The maximum Gasteiger partial charge on any atom is 0.251 e. The lowest BCUT2D eigenvalue weighted by Crippen LogP contribution is -2.32. The summed E-state index contributed by atoms with van der Waals surface area (Å²) in [6.45, 7) is 8.29. The Hall–Kier alpha value is -1.35. The van der Waals surface area contributed by atoms with Gasteiger partial charge in [0.15, 0.2) is 0 Å². The van der Waals surface area contributed by atoms with Gasteiger partial charge in [-0.2, -0.15) is 0 Å². The van der Waals surface area contributed by atoms with Crippen molar-refractivity contribution in [1.82, 2.24) is 10.6 Å². The van der Waals surface area contributed by atoms with Crippen molar-refractivity contribution in [3.05, 3.63) is 34.9 Å². The summed E-state index contributed by atoms with van der Waals surface area (Å²) in [4.78, 5) is 11.9. The third-order valence-corrected chi connectivity index (χ3v) is 3.62. The van der Waals surface area contributed by atoms with E-state index < -0.39 is 0 Å². The Morgan fingerprint density at radius 2 is 2.16 bits per heavy atom. The standard InChI is InChI=1S/C16H24N2O/c1-4-17-15(9-11(2)3)13-6-5-12-7-8-18-16(19)14(12)10-13/h5-6,10-11,15,17H,4,7-9H2,1-3H3,(H,18,19). The molecule has 1 aromatic carbocycles. The molecule has 0 aliphatic carbocycles. The predicted molar refractivity (Wildman–Crippen MR) is 78.4 cm³/mol. The highest BCUT2D eigenvalue weighted by atomic mass is 16.1. The summed E-state index contributed by atoms with van der Waals surface area (Å²) in [5.41, 5.74) is 3.26. The molecule has 19 heavy (non-hydrogen) atoms. The first-order chi connectivity index (χ1) is 9.11. The highest BCUT2D eigenvalue weighted by molar-refractivity contribution is 5.96. The average molecular weight is 260 g/mol. The van der Waals surface area contributed by atoms with E-state index in [-0.39, 0.29) is 5.91 Å². The molecule has 3 nitrogen and oxygen atoms in total. The lowest BCUT2D eigenvalue weighted by Gasteiger charge is -2.23. The SMILES string of the molecule is CCNC(CC(C)C)c1ccc2c(c1)C(=O)NCC2. The normalized spacial score (nSPS) is 16.1. The molecule has 1 aliphatic rings. The number of amides is 1. The van der Waals surface area contributed by atoms with Gasteiger partial charge in [-0.05, 0) is 42.5 Å². The van der Waals surface area contributed by atoms with E-state index in [9.17, 15) is 4.79 Å². The van der Waals surface area contributed by atoms with Crippen LogP contribution in [0.15, 0.2) is 18.2 Å². The zero-order chi connectivity index (χ0) is 13.8. The van der Waals surface area contributed by atoms with Gasteiger partial charge in [0.1, 0.15) is 0 Å². The third-order valence-electron chi connectivity index (χ3n) is 3.62. The van der Waals surface area contributed by atoms with Crippen molar-refractivity contribution < 1.29 is 4.79 Å². The van der Waals surface area contributed by atoms with Gasteiger partial charge in [0.25, 0.3) is 5.91 Å². The Balaban J connectivity index is 2.27. The Morgan fingerprint density at radius 1 is 1.37 bits per heavy atom. The molecule has 1 heterocycles. The molecule has 0 spiro atoms. The number of fused-ring (bicyclic) bond motifs is 1. The van der Waals surface area contributed by atoms with Crippen LogP contribution in [0.5, 0.6) is 0 Å². The van der Waals surface area contributed by atoms with E-state index in [1.165, 1.54) is 11.1 Å². The zero-order valence-corrected chi connectivity index (χ0v) is 12.1. The molecular weight excluding hydrogens is 236 g/mol. The predicted octanol–water partition coefficient (Wildman–Crippen LogP) is 2.67. The van der Waals surface area contributed by atoms with Crippen molar-refractivity contribution in [2.45, 2.75) is 39.7 Å². The van der Waals surface area contributed by atoms with E-state index in [1.807, 2.05) is 0 Å². The first-order valence-electron chi connectivity index (χ1n) is 7.26. The van der Waals surface area contributed by atoms with Gasteiger partial charge in [0, 0.05) is 18.2 Å². The second-order valence-electron chi connectivity index (χ2n) is 5.66. The fourth-order valence-electron chi connectivity index (χ4n) is 2.70. The van der Waals surface area contributed by atoms with Crippen LogP contribution >= 0.6 is 0 Å². The maximum atomic E-state index is 11.9. The summed E-state index contributed by atoms with van der Waals surface area (Å²) in [5, 5.41) is 6.44. The minimum atomic E-state index is 0.0721. The quantitative estimate of drug-likeness (QED) is 0.854. The summed E-state index contributed by atoms with van der Waals surface area (Å²) >= 11 is 0. The Bertz CT molecular complexity index is 454. The van der Waals surface area contributed by atoms with Crippen molar-refractivity contribution >= 4 is 5.91 Å². The van der Waals surface area contributed by atoms with Crippen LogP contribution in [0.2, 0.25) is 0 Å². The van der Waals surface area contributed by atoms with Crippen LogP contribution in [0.25, 0.3) is 0 Å². The molecule has 2 N–H and O–H groups in total. The summed E-state index contributed by atoms with van der Waals surface area (Å²) in [7, 11) is 0. The molecule has 0 aromatic heterocycles. The lowest BCUT2D eigenvalue weighted by molar-refractivity contribution is 0.0946. The largest absolute Gasteiger partial charge is 0.352 e. The van der Waals surface area contributed by atoms with E-state index >= 15 is 0 Å². The van der Waals surface area contributed by atoms with Crippen LogP contribution in [0.3, 0.4) is 0 Å². The Kier molecular flexibility index (Phi) is 4.59. The molecule has 0 fully saturated rings.